The monoisotopic (exact) mass is 267 g/mol. The smallest absolute Gasteiger partial charge is 0.0696 e. The molecule has 0 saturated heterocycles. The van der Waals surface area contributed by atoms with E-state index < -0.39 is 0 Å². The first kappa shape index (κ1) is 13.7. The average molecular weight is 268 g/mol. The lowest BCUT2D eigenvalue weighted by molar-refractivity contribution is 0.282. The molecule has 2 nitrogen and oxygen atoms in total. The van der Waals surface area contributed by atoms with Crippen LogP contribution in [0.5, 0.6) is 0 Å². The first-order valence-electron chi connectivity index (χ1n) is 6.84. The Morgan fingerprint density at radius 3 is 2.44 bits per heavy atom. The quantitative estimate of drug-likeness (QED) is 0.837. The molecule has 1 aliphatic carbocycles. The highest BCUT2D eigenvalue weighted by molar-refractivity contribution is 6.31. The fraction of sp³-hybridized carbons (Fsp3) is 0.600. The number of aliphatic hydroxyl groups is 1. The summed E-state index contributed by atoms with van der Waals surface area (Å²) in [6, 6.07) is 6.58. The third-order valence-corrected chi connectivity index (χ3v) is 4.34. The van der Waals surface area contributed by atoms with Crippen LogP contribution in [0.15, 0.2) is 18.2 Å². The molecule has 18 heavy (non-hydrogen) atoms. The molecular formula is C15H22ClNO. The fourth-order valence-electron chi connectivity index (χ4n) is 2.74. The molecule has 0 radical (unpaired) electrons. The Balaban J connectivity index is 2.11. The number of hydrogen-bond acceptors (Lipinski definition) is 2. The zero-order chi connectivity index (χ0) is 13.0. The van der Waals surface area contributed by atoms with Gasteiger partial charge in [0, 0.05) is 23.8 Å². The van der Waals surface area contributed by atoms with Crippen LogP contribution in [0.2, 0.25) is 5.02 Å². The molecule has 0 heterocycles. The van der Waals surface area contributed by atoms with Crippen molar-refractivity contribution in [3.63, 3.8) is 0 Å². The van der Waals surface area contributed by atoms with Crippen molar-refractivity contribution in [2.24, 2.45) is 0 Å². The van der Waals surface area contributed by atoms with Crippen molar-refractivity contribution in [1.29, 1.82) is 0 Å². The largest absolute Gasteiger partial charge is 0.392 e. The van der Waals surface area contributed by atoms with Crippen LogP contribution in [0.4, 0.5) is 5.69 Å². The Morgan fingerprint density at radius 1 is 1.22 bits per heavy atom. The van der Waals surface area contributed by atoms with Gasteiger partial charge in [-0.15, -0.1) is 0 Å². The second-order valence-corrected chi connectivity index (χ2v) is 5.60. The molecule has 0 aliphatic heterocycles. The molecule has 0 bridgehead atoms. The van der Waals surface area contributed by atoms with Crippen molar-refractivity contribution in [3.8, 4) is 0 Å². The van der Waals surface area contributed by atoms with Crippen molar-refractivity contribution < 1.29 is 5.11 Å². The normalized spacial score (nSPS) is 17.5. The minimum atomic E-state index is 0.00621. The highest BCUT2D eigenvalue weighted by atomic mass is 35.5. The van der Waals surface area contributed by atoms with E-state index in [0.29, 0.717) is 11.1 Å². The lowest BCUT2D eigenvalue weighted by Gasteiger charge is -2.29. The van der Waals surface area contributed by atoms with Crippen molar-refractivity contribution >= 4 is 17.3 Å². The number of benzene rings is 1. The van der Waals surface area contributed by atoms with Crippen LogP contribution in [0.3, 0.4) is 0 Å². The van der Waals surface area contributed by atoms with Gasteiger partial charge < -0.3 is 10.0 Å². The van der Waals surface area contributed by atoms with Gasteiger partial charge >= 0.3 is 0 Å². The molecule has 1 N–H and O–H groups in total. The number of nitrogens with zero attached hydrogens (tertiary/aromatic N) is 1. The van der Waals surface area contributed by atoms with Crippen molar-refractivity contribution in [1.82, 2.24) is 0 Å². The third kappa shape index (κ3) is 3.18. The van der Waals surface area contributed by atoms with Gasteiger partial charge in [0.25, 0.3) is 0 Å². The summed E-state index contributed by atoms with van der Waals surface area (Å²) < 4.78 is 0. The predicted molar refractivity (Wildman–Crippen MR) is 77.3 cm³/mol. The van der Waals surface area contributed by atoms with Crippen LogP contribution in [-0.2, 0) is 6.61 Å². The minimum Gasteiger partial charge on any atom is -0.392 e. The summed E-state index contributed by atoms with van der Waals surface area (Å²) >= 11 is 6.16. The van der Waals surface area contributed by atoms with Gasteiger partial charge in [-0.25, -0.2) is 0 Å². The van der Waals surface area contributed by atoms with Gasteiger partial charge in [-0.2, -0.15) is 0 Å². The van der Waals surface area contributed by atoms with Gasteiger partial charge in [0.05, 0.1) is 6.61 Å². The Labute approximate surface area is 115 Å². The van der Waals surface area contributed by atoms with E-state index in [2.05, 4.69) is 18.0 Å². The molecule has 3 heteroatoms. The summed E-state index contributed by atoms with van der Waals surface area (Å²) in [4.78, 5) is 2.35. The average Bonchev–Trinajstić information content (AvgIpc) is 2.66. The van der Waals surface area contributed by atoms with Gasteiger partial charge in [-0.3, -0.25) is 0 Å². The number of halogens is 1. The highest BCUT2D eigenvalue weighted by Crippen LogP contribution is 2.28. The number of anilines is 1. The van der Waals surface area contributed by atoms with Gasteiger partial charge in [0.15, 0.2) is 0 Å². The van der Waals surface area contributed by atoms with Gasteiger partial charge in [-0.05, 0) is 30.5 Å². The van der Waals surface area contributed by atoms with E-state index in [0.717, 1.165) is 11.3 Å². The van der Waals surface area contributed by atoms with E-state index in [4.69, 9.17) is 16.7 Å². The highest BCUT2D eigenvalue weighted by Gasteiger charge is 2.17. The summed E-state index contributed by atoms with van der Waals surface area (Å²) in [5.41, 5.74) is 1.96. The maximum Gasteiger partial charge on any atom is 0.0696 e. The molecule has 100 valence electrons. The summed E-state index contributed by atoms with van der Waals surface area (Å²) in [6.45, 7) is 0.00621. The first-order chi connectivity index (χ1) is 8.72. The van der Waals surface area contributed by atoms with Gasteiger partial charge in [0.2, 0.25) is 0 Å². The van der Waals surface area contributed by atoms with E-state index in [1.807, 2.05) is 12.1 Å². The summed E-state index contributed by atoms with van der Waals surface area (Å²) in [7, 11) is 2.15. The lowest BCUT2D eigenvalue weighted by atomic mass is 10.1. The number of aliphatic hydroxyl groups excluding tert-OH is 1. The van der Waals surface area contributed by atoms with Crippen molar-refractivity contribution in [2.45, 2.75) is 51.2 Å². The molecule has 1 aromatic rings. The first-order valence-corrected chi connectivity index (χ1v) is 7.22. The molecular weight excluding hydrogens is 246 g/mol. The molecule has 1 aliphatic rings. The molecule has 0 spiro atoms. The van der Waals surface area contributed by atoms with Crippen LogP contribution in [-0.4, -0.2) is 18.2 Å². The summed E-state index contributed by atoms with van der Waals surface area (Å²) in [5.74, 6) is 0. The molecule has 0 unspecified atom stereocenters. The van der Waals surface area contributed by atoms with Crippen molar-refractivity contribution in [2.75, 3.05) is 11.9 Å². The fourth-order valence-corrected chi connectivity index (χ4v) is 2.97. The Bertz CT molecular complexity index is 386. The van der Waals surface area contributed by atoms with Gasteiger partial charge in [-0.1, -0.05) is 43.4 Å². The number of hydrogen-bond donors (Lipinski definition) is 1. The second kappa shape index (κ2) is 6.44. The Hall–Kier alpha value is -0.730. The molecule has 0 atom stereocenters. The molecule has 2 rings (SSSR count). The van der Waals surface area contributed by atoms with Crippen LogP contribution < -0.4 is 4.90 Å². The van der Waals surface area contributed by atoms with Crippen LogP contribution in [0.1, 0.15) is 44.1 Å². The second-order valence-electron chi connectivity index (χ2n) is 5.19. The topological polar surface area (TPSA) is 23.5 Å². The van der Waals surface area contributed by atoms with E-state index in [1.54, 1.807) is 0 Å². The summed E-state index contributed by atoms with van der Waals surface area (Å²) in [6.07, 6.45) is 7.95. The SMILES string of the molecule is CN(c1ccc(CO)c(Cl)c1)C1CCCCCC1. The summed E-state index contributed by atoms with van der Waals surface area (Å²) in [5, 5.41) is 9.80. The molecule has 0 aromatic heterocycles. The zero-order valence-corrected chi connectivity index (χ0v) is 11.8. The molecule has 1 saturated carbocycles. The van der Waals surface area contributed by atoms with Crippen LogP contribution in [0, 0.1) is 0 Å². The minimum absolute atomic E-state index is 0.00621. The Kier molecular flexibility index (Phi) is 4.90. The molecule has 1 fully saturated rings. The molecule has 1 aromatic carbocycles. The van der Waals surface area contributed by atoms with E-state index >= 15 is 0 Å². The van der Waals surface area contributed by atoms with Crippen LogP contribution in [0.25, 0.3) is 0 Å². The maximum atomic E-state index is 9.14. The lowest BCUT2D eigenvalue weighted by Crippen LogP contribution is -2.31. The standard InChI is InChI=1S/C15H22ClNO/c1-17(13-6-4-2-3-5-7-13)14-9-8-12(11-18)15(16)10-14/h8-10,13,18H,2-7,11H2,1H3. The van der Waals surface area contributed by atoms with Crippen LogP contribution >= 0.6 is 11.6 Å². The molecule has 0 amide bonds. The van der Waals surface area contributed by atoms with Gasteiger partial charge in [0.1, 0.15) is 0 Å². The zero-order valence-electron chi connectivity index (χ0n) is 11.0. The predicted octanol–water partition coefficient (Wildman–Crippen LogP) is 3.99. The van der Waals surface area contributed by atoms with E-state index in [1.165, 1.54) is 38.5 Å². The van der Waals surface area contributed by atoms with E-state index in [-0.39, 0.29) is 6.61 Å². The third-order valence-electron chi connectivity index (χ3n) is 3.99. The van der Waals surface area contributed by atoms with Crippen molar-refractivity contribution in [3.05, 3.63) is 28.8 Å². The number of rotatable bonds is 3. The van der Waals surface area contributed by atoms with E-state index in [9.17, 15) is 0 Å². The maximum absolute atomic E-state index is 9.14. The Morgan fingerprint density at radius 2 is 1.89 bits per heavy atom.